The first kappa shape index (κ1) is 17.1. The summed E-state index contributed by atoms with van der Waals surface area (Å²) < 4.78 is 0. The van der Waals surface area contributed by atoms with Gasteiger partial charge in [0.15, 0.2) is 0 Å². The first-order valence-corrected chi connectivity index (χ1v) is 7.34. The van der Waals surface area contributed by atoms with Crippen LogP contribution in [0.15, 0.2) is 0 Å². The number of rotatable bonds is 6. The second-order valence-corrected chi connectivity index (χ2v) is 6.40. The standard InChI is InChI=1S/C12H24N2O3S/c1-8(7-18-5)13-11(17)14-9(6-10(15)16)12(2,3)4/h8-9H,6-7H2,1-5H3,(H,15,16)(H2,13,14,17). The molecule has 6 heteroatoms. The predicted molar refractivity (Wildman–Crippen MR) is 75.0 cm³/mol. The second-order valence-electron chi connectivity index (χ2n) is 5.49. The Balaban J connectivity index is 4.40. The fourth-order valence-corrected chi connectivity index (χ4v) is 2.05. The highest BCUT2D eigenvalue weighted by molar-refractivity contribution is 7.98. The number of carbonyl (C=O) groups excluding carboxylic acids is 1. The number of urea groups is 1. The minimum absolute atomic E-state index is 0.0606. The number of carboxylic acids is 1. The highest BCUT2D eigenvalue weighted by Crippen LogP contribution is 2.21. The van der Waals surface area contributed by atoms with Crippen molar-refractivity contribution in [2.45, 2.75) is 46.2 Å². The Morgan fingerprint density at radius 3 is 2.22 bits per heavy atom. The van der Waals surface area contributed by atoms with Gasteiger partial charge in [0, 0.05) is 17.8 Å². The molecular formula is C12H24N2O3S. The van der Waals surface area contributed by atoms with Crippen molar-refractivity contribution in [3.8, 4) is 0 Å². The van der Waals surface area contributed by atoms with Gasteiger partial charge in [0.1, 0.15) is 0 Å². The molecule has 0 aliphatic rings. The fraction of sp³-hybridized carbons (Fsp3) is 0.833. The SMILES string of the molecule is CSCC(C)NC(=O)NC(CC(=O)O)C(C)(C)C. The molecule has 18 heavy (non-hydrogen) atoms. The summed E-state index contributed by atoms with van der Waals surface area (Å²) in [5, 5.41) is 14.4. The molecule has 0 aromatic heterocycles. The van der Waals surface area contributed by atoms with Crippen molar-refractivity contribution in [2.75, 3.05) is 12.0 Å². The molecular weight excluding hydrogens is 252 g/mol. The number of carbonyl (C=O) groups is 2. The van der Waals surface area contributed by atoms with Gasteiger partial charge >= 0.3 is 12.0 Å². The third-order valence-electron chi connectivity index (χ3n) is 2.52. The maximum atomic E-state index is 11.7. The Morgan fingerprint density at radius 2 is 1.83 bits per heavy atom. The number of carboxylic acid groups (broad SMARTS) is 1. The molecule has 0 fully saturated rings. The van der Waals surface area contributed by atoms with Gasteiger partial charge in [-0.3, -0.25) is 4.79 Å². The summed E-state index contributed by atoms with van der Waals surface area (Å²) in [5.74, 6) is -0.0839. The summed E-state index contributed by atoms with van der Waals surface area (Å²) in [6.07, 6.45) is 1.90. The zero-order valence-electron chi connectivity index (χ0n) is 11.7. The van der Waals surface area contributed by atoms with E-state index in [-0.39, 0.29) is 23.9 Å². The van der Waals surface area contributed by atoms with Gasteiger partial charge in [0.25, 0.3) is 0 Å². The molecule has 0 aromatic carbocycles. The zero-order chi connectivity index (χ0) is 14.3. The van der Waals surface area contributed by atoms with E-state index in [1.807, 2.05) is 34.0 Å². The molecule has 0 aromatic rings. The van der Waals surface area contributed by atoms with Crippen LogP contribution in [0.2, 0.25) is 0 Å². The molecule has 0 rings (SSSR count). The van der Waals surface area contributed by atoms with Crippen LogP contribution in [0.5, 0.6) is 0 Å². The van der Waals surface area contributed by atoms with E-state index in [4.69, 9.17) is 5.11 Å². The molecule has 106 valence electrons. The van der Waals surface area contributed by atoms with Crippen molar-refractivity contribution in [1.82, 2.24) is 10.6 Å². The van der Waals surface area contributed by atoms with Gasteiger partial charge in [-0.25, -0.2) is 4.79 Å². The summed E-state index contributed by atoms with van der Waals surface area (Å²) >= 11 is 1.65. The van der Waals surface area contributed by atoms with Crippen LogP contribution in [0.4, 0.5) is 4.79 Å². The lowest BCUT2D eigenvalue weighted by molar-refractivity contribution is -0.138. The maximum Gasteiger partial charge on any atom is 0.315 e. The average molecular weight is 276 g/mol. The molecule has 2 atom stereocenters. The summed E-state index contributed by atoms with van der Waals surface area (Å²) in [5.41, 5.74) is -0.293. The van der Waals surface area contributed by atoms with Crippen LogP contribution in [-0.4, -0.2) is 41.2 Å². The van der Waals surface area contributed by atoms with Gasteiger partial charge in [0.2, 0.25) is 0 Å². The summed E-state index contributed by atoms with van der Waals surface area (Å²) in [6, 6.07) is -0.639. The van der Waals surface area contributed by atoms with E-state index in [9.17, 15) is 9.59 Å². The minimum atomic E-state index is -0.910. The largest absolute Gasteiger partial charge is 0.481 e. The van der Waals surface area contributed by atoms with Crippen molar-refractivity contribution in [3.05, 3.63) is 0 Å². The van der Waals surface area contributed by atoms with Crippen molar-refractivity contribution in [1.29, 1.82) is 0 Å². The molecule has 5 nitrogen and oxygen atoms in total. The molecule has 0 aliphatic carbocycles. The van der Waals surface area contributed by atoms with E-state index < -0.39 is 12.0 Å². The number of nitrogens with one attached hydrogen (secondary N) is 2. The highest BCUT2D eigenvalue weighted by Gasteiger charge is 2.28. The average Bonchev–Trinajstić information content (AvgIpc) is 2.14. The van der Waals surface area contributed by atoms with Gasteiger partial charge in [0.05, 0.1) is 6.42 Å². The van der Waals surface area contributed by atoms with Crippen LogP contribution in [0.3, 0.4) is 0 Å². The van der Waals surface area contributed by atoms with E-state index in [0.29, 0.717) is 0 Å². The number of hydrogen-bond donors (Lipinski definition) is 3. The van der Waals surface area contributed by atoms with E-state index in [0.717, 1.165) is 5.75 Å². The molecule has 3 N–H and O–H groups in total. The number of aliphatic carboxylic acids is 1. The number of amides is 2. The molecule has 0 heterocycles. The van der Waals surface area contributed by atoms with E-state index in [1.54, 1.807) is 11.8 Å². The van der Waals surface area contributed by atoms with Gasteiger partial charge < -0.3 is 15.7 Å². The summed E-state index contributed by atoms with van der Waals surface area (Å²) in [4.78, 5) is 22.5. The first-order valence-electron chi connectivity index (χ1n) is 5.94. The zero-order valence-corrected chi connectivity index (χ0v) is 12.6. The van der Waals surface area contributed by atoms with Gasteiger partial charge in [-0.2, -0.15) is 11.8 Å². The lowest BCUT2D eigenvalue weighted by atomic mass is 9.85. The van der Waals surface area contributed by atoms with E-state index in [1.165, 1.54) is 0 Å². The molecule has 0 saturated carbocycles. The maximum absolute atomic E-state index is 11.7. The third kappa shape index (κ3) is 7.42. The Bertz CT molecular complexity index is 290. The molecule has 0 bridgehead atoms. The van der Waals surface area contributed by atoms with Crippen LogP contribution in [0.1, 0.15) is 34.1 Å². The second kappa shape index (κ2) is 7.51. The topological polar surface area (TPSA) is 78.4 Å². The fourth-order valence-electron chi connectivity index (χ4n) is 1.46. The highest BCUT2D eigenvalue weighted by atomic mass is 32.2. The van der Waals surface area contributed by atoms with Gasteiger partial charge in [-0.05, 0) is 18.6 Å². The van der Waals surface area contributed by atoms with Gasteiger partial charge in [-0.1, -0.05) is 20.8 Å². The van der Waals surface area contributed by atoms with E-state index in [2.05, 4.69) is 10.6 Å². The van der Waals surface area contributed by atoms with Crippen LogP contribution >= 0.6 is 11.8 Å². The quantitative estimate of drug-likeness (QED) is 0.692. The molecule has 0 spiro atoms. The van der Waals surface area contributed by atoms with Crippen LogP contribution in [0.25, 0.3) is 0 Å². The van der Waals surface area contributed by atoms with Crippen LogP contribution < -0.4 is 10.6 Å². The normalized spacial score (nSPS) is 14.7. The molecule has 0 radical (unpaired) electrons. The van der Waals surface area contributed by atoms with Crippen LogP contribution in [-0.2, 0) is 4.79 Å². The number of hydrogen-bond acceptors (Lipinski definition) is 3. The summed E-state index contributed by atoms with van der Waals surface area (Å²) in [7, 11) is 0. The van der Waals surface area contributed by atoms with Crippen molar-refractivity contribution >= 4 is 23.8 Å². The Kier molecular flexibility index (Phi) is 7.13. The molecule has 0 aliphatic heterocycles. The third-order valence-corrected chi connectivity index (χ3v) is 3.36. The van der Waals surface area contributed by atoms with Crippen LogP contribution in [0, 0.1) is 5.41 Å². The Labute approximate surface area is 113 Å². The van der Waals surface area contributed by atoms with Crippen molar-refractivity contribution < 1.29 is 14.7 Å². The Morgan fingerprint density at radius 1 is 1.28 bits per heavy atom. The van der Waals surface area contributed by atoms with Crippen molar-refractivity contribution in [3.63, 3.8) is 0 Å². The molecule has 0 saturated heterocycles. The smallest absolute Gasteiger partial charge is 0.315 e. The van der Waals surface area contributed by atoms with E-state index >= 15 is 0 Å². The summed E-state index contributed by atoms with van der Waals surface area (Å²) in [6.45, 7) is 7.64. The predicted octanol–water partition coefficient (Wildman–Crippen LogP) is 1.93. The molecule has 2 amide bonds. The van der Waals surface area contributed by atoms with Gasteiger partial charge in [-0.15, -0.1) is 0 Å². The number of thioether (sulfide) groups is 1. The Hall–Kier alpha value is -0.910. The lowest BCUT2D eigenvalue weighted by Gasteiger charge is -2.30. The monoisotopic (exact) mass is 276 g/mol. The first-order chi connectivity index (χ1) is 8.16. The minimum Gasteiger partial charge on any atom is -0.481 e. The lowest BCUT2D eigenvalue weighted by Crippen LogP contribution is -2.51. The molecule has 2 unspecified atom stereocenters. The van der Waals surface area contributed by atoms with Crippen molar-refractivity contribution in [2.24, 2.45) is 5.41 Å².